The topological polar surface area (TPSA) is 69.3 Å². The summed E-state index contributed by atoms with van der Waals surface area (Å²) in [6.45, 7) is 4.76. The van der Waals surface area contributed by atoms with E-state index < -0.39 is 17.4 Å². The number of fused-ring (bicyclic) bond motifs is 1. The zero-order valence-electron chi connectivity index (χ0n) is 14.5. The largest absolute Gasteiger partial charge is 0.433 e. The van der Waals surface area contributed by atoms with E-state index in [2.05, 4.69) is 10.1 Å². The Morgan fingerprint density at radius 3 is 2.59 bits per heavy atom. The Balaban J connectivity index is 2.10. The van der Waals surface area contributed by atoms with Gasteiger partial charge in [0.15, 0.2) is 15.9 Å². The van der Waals surface area contributed by atoms with E-state index in [4.69, 9.17) is 11.6 Å². The lowest BCUT2D eigenvalue weighted by molar-refractivity contribution is -0.144. The third-order valence-corrected chi connectivity index (χ3v) is 4.99. The number of nitrogens with zero attached hydrogens (tertiary/aromatic N) is 4. The van der Waals surface area contributed by atoms with Crippen LogP contribution >= 0.6 is 22.9 Å². The number of Topliss-reactive ketones (excluding diaryl/α,β-unsaturated/α-hetero) is 1. The zero-order valence-corrected chi connectivity index (χ0v) is 16.0. The SMILES string of the molecule is Cc1sc2nc(Cn3nc(Cl)cc3C(F)(F)F)cc(=O)n2c1C(=O)C(C)C. The third kappa shape index (κ3) is 3.63. The normalized spacial score (nSPS) is 12.3. The Morgan fingerprint density at radius 2 is 2.00 bits per heavy atom. The number of carbonyl (C=O) groups excluding carboxylic acids is 1. The maximum Gasteiger partial charge on any atom is 0.433 e. The average molecular weight is 419 g/mol. The average Bonchev–Trinajstić information content (AvgIpc) is 3.05. The Labute approximate surface area is 160 Å². The molecular formula is C16H14ClF3N4O2S. The van der Waals surface area contributed by atoms with Gasteiger partial charge in [0, 0.05) is 22.9 Å². The summed E-state index contributed by atoms with van der Waals surface area (Å²) in [4.78, 5) is 30.0. The van der Waals surface area contributed by atoms with Crippen molar-refractivity contribution in [3.8, 4) is 0 Å². The Kier molecular flexibility index (Phi) is 4.89. The zero-order chi connectivity index (χ0) is 20.1. The molecule has 0 spiro atoms. The first kappa shape index (κ1) is 19.6. The summed E-state index contributed by atoms with van der Waals surface area (Å²) in [6.07, 6.45) is -4.64. The van der Waals surface area contributed by atoms with E-state index in [0.717, 1.165) is 17.4 Å². The minimum atomic E-state index is -4.64. The Morgan fingerprint density at radius 1 is 1.33 bits per heavy atom. The molecule has 0 saturated heterocycles. The number of halogens is 4. The second kappa shape index (κ2) is 6.75. The minimum Gasteiger partial charge on any atom is -0.292 e. The maximum atomic E-state index is 13.1. The van der Waals surface area contributed by atoms with Crippen LogP contribution < -0.4 is 5.56 Å². The number of aryl methyl sites for hydroxylation is 1. The summed E-state index contributed by atoms with van der Waals surface area (Å²) in [7, 11) is 0. The van der Waals surface area contributed by atoms with Crippen LogP contribution in [0.5, 0.6) is 0 Å². The van der Waals surface area contributed by atoms with Crippen LogP contribution in [0.15, 0.2) is 16.9 Å². The first-order chi connectivity index (χ1) is 12.5. The van der Waals surface area contributed by atoms with Crippen molar-refractivity contribution < 1.29 is 18.0 Å². The second-order valence-corrected chi connectivity index (χ2v) is 7.81. The van der Waals surface area contributed by atoms with Gasteiger partial charge in [-0.05, 0) is 6.92 Å². The summed E-state index contributed by atoms with van der Waals surface area (Å²) in [6, 6.07) is 1.81. The third-order valence-electron chi connectivity index (χ3n) is 3.85. The fraction of sp³-hybridized carbons (Fsp3) is 0.375. The molecule has 0 atom stereocenters. The summed E-state index contributed by atoms with van der Waals surface area (Å²) < 4.78 is 41.1. The lowest BCUT2D eigenvalue weighted by atomic mass is 10.1. The van der Waals surface area contributed by atoms with Gasteiger partial charge in [-0.15, -0.1) is 11.3 Å². The molecule has 0 aliphatic carbocycles. The summed E-state index contributed by atoms with van der Waals surface area (Å²) in [5.41, 5.74) is -1.22. The van der Waals surface area contributed by atoms with Crippen LogP contribution in [0.4, 0.5) is 13.2 Å². The van der Waals surface area contributed by atoms with Crippen LogP contribution in [-0.4, -0.2) is 24.9 Å². The van der Waals surface area contributed by atoms with E-state index >= 15 is 0 Å². The van der Waals surface area contributed by atoms with Crippen LogP contribution in [0.1, 0.15) is 40.6 Å². The Bertz CT molecular complexity index is 1100. The summed E-state index contributed by atoms with van der Waals surface area (Å²) in [5.74, 6) is -0.512. The van der Waals surface area contributed by atoms with Gasteiger partial charge in [-0.25, -0.2) is 9.38 Å². The van der Waals surface area contributed by atoms with Crippen molar-refractivity contribution >= 4 is 33.7 Å². The van der Waals surface area contributed by atoms with Gasteiger partial charge in [0.1, 0.15) is 11.4 Å². The van der Waals surface area contributed by atoms with E-state index in [-0.39, 0.29) is 39.7 Å². The molecule has 0 aliphatic rings. The van der Waals surface area contributed by atoms with E-state index in [1.165, 1.54) is 4.40 Å². The highest BCUT2D eigenvalue weighted by molar-refractivity contribution is 7.17. The monoisotopic (exact) mass is 418 g/mol. The van der Waals surface area contributed by atoms with Gasteiger partial charge in [0.25, 0.3) is 5.56 Å². The summed E-state index contributed by atoms with van der Waals surface area (Å²) in [5, 5.41) is 3.31. The van der Waals surface area contributed by atoms with Crippen molar-refractivity contribution in [2.24, 2.45) is 5.92 Å². The predicted molar refractivity (Wildman–Crippen MR) is 94.6 cm³/mol. The molecule has 0 fully saturated rings. The standard InChI is InChI=1S/C16H14ClF3N4O2S/c1-7(2)14(26)13-8(3)27-15-21-9(4-12(25)24(13)15)6-23-10(16(18,19)20)5-11(17)22-23/h4-5,7H,6H2,1-3H3. The molecule has 3 heterocycles. The first-order valence-electron chi connectivity index (χ1n) is 7.86. The van der Waals surface area contributed by atoms with Crippen LogP contribution in [0.3, 0.4) is 0 Å². The first-order valence-corrected chi connectivity index (χ1v) is 9.05. The molecule has 0 unspecified atom stereocenters. The van der Waals surface area contributed by atoms with Crippen LogP contribution in [-0.2, 0) is 12.7 Å². The number of alkyl halides is 3. The summed E-state index contributed by atoms with van der Waals surface area (Å²) >= 11 is 6.73. The molecule has 0 aromatic carbocycles. The van der Waals surface area contributed by atoms with Gasteiger partial charge in [0.05, 0.1) is 12.2 Å². The van der Waals surface area contributed by atoms with Crippen LogP contribution in [0, 0.1) is 12.8 Å². The predicted octanol–water partition coefficient (Wildman–Crippen LogP) is 3.82. The molecule has 0 amide bonds. The van der Waals surface area contributed by atoms with E-state index in [1.54, 1.807) is 20.8 Å². The molecule has 0 radical (unpaired) electrons. The van der Waals surface area contributed by atoms with E-state index in [1.807, 2.05) is 0 Å². The van der Waals surface area contributed by atoms with Gasteiger partial charge in [-0.2, -0.15) is 18.3 Å². The number of carbonyl (C=O) groups is 1. The van der Waals surface area contributed by atoms with Crippen LogP contribution in [0.2, 0.25) is 5.15 Å². The van der Waals surface area contributed by atoms with Crippen molar-refractivity contribution in [2.45, 2.75) is 33.5 Å². The molecular weight excluding hydrogens is 405 g/mol. The lowest BCUT2D eigenvalue weighted by Crippen LogP contribution is -2.22. The highest BCUT2D eigenvalue weighted by atomic mass is 35.5. The highest BCUT2D eigenvalue weighted by Gasteiger charge is 2.36. The van der Waals surface area contributed by atoms with Gasteiger partial charge < -0.3 is 0 Å². The minimum absolute atomic E-state index is 0.0927. The van der Waals surface area contributed by atoms with Crippen molar-refractivity contribution in [3.05, 3.63) is 49.6 Å². The van der Waals surface area contributed by atoms with Crippen LogP contribution in [0.25, 0.3) is 4.96 Å². The van der Waals surface area contributed by atoms with Gasteiger partial charge in [0.2, 0.25) is 0 Å². The number of hydrogen-bond donors (Lipinski definition) is 0. The molecule has 6 nitrogen and oxygen atoms in total. The van der Waals surface area contributed by atoms with Gasteiger partial charge in [-0.1, -0.05) is 25.4 Å². The number of rotatable bonds is 4. The fourth-order valence-corrected chi connectivity index (χ4v) is 3.84. The maximum absolute atomic E-state index is 13.1. The molecule has 0 aliphatic heterocycles. The highest BCUT2D eigenvalue weighted by Crippen LogP contribution is 2.31. The molecule has 11 heteroatoms. The van der Waals surface area contributed by atoms with Gasteiger partial charge >= 0.3 is 6.18 Å². The smallest absolute Gasteiger partial charge is 0.292 e. The number of hydrogen-bond acceptors (Lipinski definition) is 5. The van der Waals surface area contributed by atoms with Crippen molar-refractivity contribution in [1.29, 1.82) is 0 Å². The quantitative estimate of drug-likeness (QED) is 0.604. The van der Waals surface area contributed by atoms with E-state index in [9.17, 15) is 22.8 Å². The molecule has 0 N–H and O–H groups in total. The van der Waals surface area contributed by atoms with E-state index in [0.29, 0.717) is 15.6 Å². The molecule has 3 aromatic rings. The fourth-order valence-electron chi connectivity index (χ4n) is 2.65. The number of ketones is 1. The molecule has 3 aromatic heterocycles. The molecule has 0 bridgehead atoms. The van der Waals surface area contributed by atoms with Crippen molar-refractivity contribution in [3.63, 3.8) is 0 Å². The lowest BCUT2D eigenvalue weighted by Gasteiger charge is -2.10. The second-order valence-electron chi connectivity index (χ2n) is 6.24. The molecule has 144 valence electrons. The van der Waals surface area contributed by atoms with Crippen molar-refractivity contribution in [1.82, 2.24) is 19.2 Å². The molecule has 3 rings (SSSR count). The van der Waals surface area contributed by atoms with Gasteiger partial charge in [-0.3, -0.25) is 14.3 Å². The number of thiazole rings is 1. The van der Waals surface area contributed by atoms with Crippen molar-refractivity contribution in [2.75, 3.05) is 0 Å². The Hall–Kier alpha value is -2.20. The molecule has 27 heavy (non-hydrogen) atoms. The molecule has 0 saturated carbocycles. The number of aromatic nitrogens is 4.